The van der Waals surface area contributed by atoms with Gasteiger partial charge in [-0.25, -0.2) is 9.98 Å². The van der Waals surface area contributed by atoms with E-state index in [1.165, 1.54) is 23.5 Å². The summed E-state index contributed by atoms with van der Waals surface area (Å²) < 4.78 is 5.80. The molecule has 140 valence electrons. The fraction of sp³-hybridized carbons (Fsp3) is 0.0952. The molecule has 2 aromatic heterocycles. The maximum atomic E-state index is 12.3. The van der Waals surface area contributed by atoms with Gasteiger partial charge in [-0.1, -0.05) is 18.2 Å². The number of aromatic nitrogens is 1. The maximum absolute atomic E-state index is 12.3. The molecule has 28 heavy (non-hydrogen) atoms. The number of amides is 1. The van der Waals surface area contributed by atoms with Gasteiger partial charge in [0.15, 0.2) is 10.3 Å². The monoisotopic (exact) mass is 407 g/mol. The quantitative estimate of drug-likeness (QED) is 0.592. The van der Waals surface area contributed by atoms with Gasteiger partial charge in [-0.15, -0.1) is 0 Å². The molecular formula is C21H17N3O2S2. The van der Waals surface area contributed by atoms with Gasteiger partial charge in [0.2, 0.25) is 0 Å². The van der Waals surface area contributed by atoms with Crippen LogP contribution in [0.15, 0.2) is 79.2 Å². The molecule has 1 aliphatic rings. The first-order valence-corrected chi connectivity index (χ1v) is 10.3. The number of nitrogens with zero attached hydrogens (tertiary/aromatic N) is 2. The second kappa shape index (κ2) is 8.08. The summed E-state index contributed by atoms with van der Waals surface area (Å²) >= 11 is 2.74. The fourth-order valence-electron chi connectivity index (χ4n) is 2.54. The number of carbonyl (C=O) groups is 1. The van der Waals surface area contributed by atoms with Crippen LogP contribution >= 0.6 is 23.5 Å². The molecule has 3 heterocycles. The molecule has 7 heteroatoms. The summed E-state index contributed by atoms with van der Waals surface area (Å²) in [6, 6.07) is 15.5. The highest BCUT2D eigenvalue weighted by Crippen LogP contribution is 2.32. The Morgan fingerprint density at radius 2 is 2.07 bits per heavy atom. The van der Waals surface area contributed by atoms with Crippen molar-refractivity contribution in [2.45, 2.75) is 24.0 Å². The van der Waals surface area contributed by atoms with Gasteiger partial charge in [0.05, 0.1) is 10.6 Å². The Morgan fingerprint density at radius 1 is 1.18 bits per heavy atom. The summed E-state index contributed by atoms with van der Waals surface area (Å²) in [7, 11) is 0. The number of benzene rings is 1. The van der Waals surface area contributed by atoms with E-state index in [-0.39, 0.29) is 5.91 Å². The maximum Gasteiger partial charge on any atom is 0.264 e. The third kappa shape index (κ3) is 4.37. The molecule has 0 unspecified atom stereocenters. The second-order valence-electron chi connectivity index (χ2n) is 6.20. The summed E-state index contributed by atoms with van der Waals surface area (Å²) in [6.07, 6.45) is 3.47. The number of rotatable bonds is 4. The van der Waals surface area contributed by atoms with Crippen molar-refractivity contribution in [1.29, 1.82) is 0 Å². The lowest BCUT2D eigenvalue weighted by molar-refractivity contribution is -0.115. The number of hydrogen-bond acceptors (Lipinski definition) is 6. The van der Waals surface area contributed by atoms with Crippen molar-refractivity contribution in [2.75, 3.05) is 0 Å². The van der Waals surface area contributed by atoms with E-state index in [1.54, 1.807) is 12.3 Å². The van der Waals surface area contributed by atoms with E-state index < -0.39 is 0 Å². The molecule has 1 aliphatic heterocycles. The molecule has 1 fully saturated rings. The number of aryl methyl sites for hydroxylation is 2. The molecule has 0 aliphatic carbocycles. The number of nitrogens with one attached hydrogen (secondary N) is 1. The van der Waals surface area contributed by atoms with Gasteiger partial charge in [-0.2, -0.15) is 0 Å². The normalized spacial score (nSPS) is 16.7. The Bertz CT molecular complexity index is 1090. The molecule has 1 amide bonds. The van der Waals surface area contributed by atoms with Crippen molar-refractivity contribution in [3.8, 4) is 0 Å². The Labute approximate surface area is 171 Å². The Balaban J connectivity index is 1.51. The van der Waals surface area contributed by atoms with Gasteiger partial charge in [0.25, 0.3) is 5.91 Å². The molecule has 0 bridgehead atoms. The van der Waals surface area contributed by atoms with Crippen LogP contribution in [0.1, 0.15) is 16.9 Å². The van der Waals surface area contributed by atoms with Crippen molar-refractivity contribution in [3.63, 3.8) is 0 Å². The number of amidine groups is 1. The third-order valence-electron chi connectivity index (χ3n) is 3.96. The number of pyridine rings is 1. The molecule has 0 atom stereocenters. The zero-order chi connectivity index (χ0) is 19.5. The van der Waals surface area contributed by atoms with Crippen LogP contribution in [0.4, 0.5) is 5.69 Å². The molecule has 0 radical (unpaired) electrons. The average Bonchev–Trinajstić information content (AvgIpc) is 3.26. The zero-order valence-corrected chi connectivity index (χ0v) is 16.9. The molecule has 0 spiro atoms. The highest BCUT2D eigenvalue weighted by atomic mass is 32.2. The SMILES string of the molecule is Cc1ccc(C)c(N=C2NC(=O)/C(=C/c3ccc(Sc4ccccn4)o3)S2)c1. The van der Waals surface area contributed by atoms with Crippen molar-refractivity contribution in [3.05, 3.63) is 76.5 Å². The molecule has 4 rings (SSSR count). The number of hydrogen-bond donors (Lipinski definition) is 1. The van der Waals surface area contributed by atoms with Gasteiger partial charge in [-0.05, 0) is 78.8 Å². The van der Waals surface area contributed by atoms with Gasteiger partial charge in [0, 0.05) is 12.3 Å². The average molecular weight is 408 g/mol. The summed E-state index contributed by atoms with van der Waals surface area (Å²) in [6.45, 7) is 4.02. The largest absolute Gasteiger partial charge is 0.450 e. The van der Waals surface area contributed by atoms with Crippen LogP contribution in [0.2, 0.25) is 0 Å². The van der Waals surface area contributed by atoms with Gasteiger partial charge in [0.1, 0.15) is 10.8 Å². The van der Waals surface area contributed by atoms with Gasteiger partial charge < -0.3 is 9.73 Å². The Morgan fingerprint density at radius 3 is 2.89 bits per heavy atom. The Kier molecular flexibility index (Phi) is 5.36. The third-order valence-corrected chi connectivity index (χ3v) is 5.74. The van der Waals surface area contributed by atoms with E-state index in [9.17, 15) is 4.79 Å². The number of aliphatic imine (C=N–C) groups is 1. The minimum Gasteiger partial charge on any atom is -0.450 e. The van der Waals surface area contributed by atoms with Crippen LogP contribution < -0.4 is 5.32 Å². The first kappa shape index (κ1) is 18.6. The molecule has 1 saturated heterocycles. The van der Waals surface area contributed by atoms with Crippen LogP contribution in [0, 0.1) is 13.8 Å². The van der Waals surface area contributed by atoms with E-state index in [0.29, 0.717) is 15.8 Å². The summed E-state index contributed by atoms with van der Waals surface area (Å²) in [5.74, 6) is 0.438. The minimum atomic E-state index is -0.176. The summed E-state index contributed by atoms with van der Waals surface area (Å²) in [5.41, 5.74) is 3.05. The number of carbonyl (C=O) groups excluding carboxylic acids is 1. The molecule has 5 nitrogen and oxygen atoms in total. The predicted octanol–water partition coefficient (Wildman–Crippen LogP) is 5.33. The molecule has 3 aromatic rings. The summed E-state index contributed by atoms with van der Waals surface area (Å²) in [5, 5.41) is 4.96. The molecule has 1 N–H and O–H groups in total. The predicted molar refractivity (Wildman–Crippen MR) is 114 cm³/mol. The highest BCUT2D eigenvalue weighted by Gasteiger charge is 2.24. The van der Waals surface area contributed by atoms with Crippen LogP contribution in [0.3, 0.4) is 0 Å². The van der Waals surface area contributed by atoms with Crippen molar-refractivity contribution in [2.24, 2.45) is 4.99 Å². The topological polar surface area (TPSA) is 67.5 Å². The molecule has 0 saturated carbocycles. The van der Waals surface area contributed by atoms with Crippen LogP contribution in [-0.4, -0.2) is 16.1 Å². The lowest BCUT2D eigenvalue weighted by Crippen LogP contribution is -2.19. The lowest BCUT2D eigenvalue weighted by atomic mass is 10.1. The smallest absolute Gasteiger partial charge is 0.264 e. The zero-order valence-electron chi connectivity index (χ0n) is 15.3. The summed E-state index contributed by atoms with van der Waals surface area (Å²) in [4.78, 5) is 21.7. The van der Waals surface area contributed by atoms with Gasteiger partial charge in [-0.3, -0.25) is 4.79 Å². The van der Waals surface area contributed by atoms with E-state index >= 15 is 0 Å². The lowest BCUT2D eigenvalue weighted by Gasteiger charge is -2.02. The first-order valence-electron chi connectivity index (χ1n) is 8.62. The fourth-order valence-corrected chi connectivity index (χ4v) is 4.09. The second-order valence-corrected chi connectivity index (χ2v) is 8.25. The first-order chi connectivity index (χ1) is 13.6. The van der Waals surface area contributed by atoms with Crippen molar-refractivity contribution < 1.29 is 9.21 Å². The highest BCUT2D eigenvalue weighted by molar-refractivity contribution is 8.18. The van der Waals surface area contributed by atoms with Crippen LogP contribution in [-0.2, 0) is 4.79 Å². The van der Waals surface area contributed by atoms with E-state index in [0.717, 1.165) is 26.9 Å². The van der Waals surface area contributed by atoms with Crippen molar-refractivity contribution in [1.82, 2.24) is 10.3 Å². The van der Waals surface area contributed by atoms with E-state index in [1.807, 2.05) is 62.4 Å². The molecular weight excluding hydrogens is 390 g/mol. The molecule has 1 aromatic carbocycles. The van der Waals surface area contributed by atoms with Crippen molar-refractivity contribution >= 4 is 46.4 Å². The van der Waals surface area contributed by atoms with Crippen LogP contribution in [0.25, 0.3) is 6.08 Å². The Hall–Kier alpha value is -2.77. The van der Waals surface area contributed by atoms with Gasteiger partial charge >= 0.3 is 0 Å². The van der Waals surface area contributed by atoms with E-state index in [2.05, 4.69) is 15.3 Å². The van der Waals surface area contributed by atoms with Crippen LogP contribution in [0.5, 0.6) is 0 Å². The van der Waals surface area contributed by atoms with E-state index in [4.69, 9.17) is 4.42 Å². The number of furan rings is 1. The minimum absolute atomic E-state index is 0.176. The standard InChI is InChI=1S/C21H17N3O2S2/c1-13-6-7-14(2)16(11-13)23-21-24-20(25)17(27-21)12-15-8-9-19(26-15)28-18-5-3-4-10-22-18/h3-12H,1-2H3,(H,23,24,25)/b17-12-. The number of thioether (sulfide) groups is 1.